The first-order valence-electron chi connectivity index (χ1n) is 16.8. The Hall–Kier alpha value is -6.16. The molecule has 228 valence electrons. The minimum atomic E-state index is 1.18. The highest BCUT2D eigenvalue weighted by molar-refractivity contribution is 7.26. The maximum absolute atomic E-state index is 2.46. The van der Waals surface area contributed by atoms with Gasteiger partial charge >= 0.3 is 0 Å². The minimum absolute atomic E-state index is 1.18. The number of nitrogens with zero attached hydrogens (tertiary/aromatic N) is 2. The monoisotopic (exact) mass is 640 g/mol. The molecule has 0 aliphatic heterocycles. The minimum Gasteiger partial charge on any atom is -0.309 e. The number of thiophene rings is 1. The Bertz CT molecular complexity index is 3100. The smallest absolute Gasteiger partial charge is 0.0548 e. The van der Waals surface area contributed by atoms with Crippen LogP contribution in [0, 0.1) is 0 Å². The Labute approximate surface area is 286 Å². The summed E-state index contributed by atoms with van der Waals surface area (Å²) in [5, 5.41) is 10.3. The molecule has 2 nitrogen and oxygen atoms in total. The Balaban J connectivity index is 1.20. The fraction of sp³-hybridized carbons (Fsp3) is 0. The van der Waals surface area contributed by atoms with Crippen molar-refractivity contribution >= 4 is 85.9 Å². The molecule has 0 saturated carbocycles. The summed E-state index contributed by atoms with van der Waals surface area (Å²) < 4.78 is 7.50. The summed E-state index contributed by atoms with van der Waals surface area (Å²) in [6.45, 7) is 0. The molecule has 11 rings (SSSR count). The summed E-state index contributed by atoms with van der Waals surface area (Å²) in [5.41, 5.74) is 9.70. The highest BCUT2D eigenvalue weighted by Gasteiger charge is 2.19. The molecule has 0 bridgehead atoms. The first-order valence-corrected chi connectivity index (χ1v) is 17.6. The van der Waals surface area contributed by atoms with Crippen LogP contribution in [-0.4, -0.2) is 9.13 Å². The quantitative estimate of drug-likeness (QED) is 0.182. The van der Waals surface area contributed by atoms with Gasteiger partial charge in [-0.1, -0.05) is 97.1 Å². The molecule has 0 fully saturated rings. The van der Waals surface area contributed by atoms with E-state index < -0.39 is 0 Å². The molecule has 0 spiro atoms. The lowest BCUT2D eigenvalue weighted by Gasteiger charge is -2.10. The van der Waals surface area contributed by atoms with E-state index in [1.807, 2.05) is 11.3 Å². The molecule has 3 heterocycles. The Morgan fingerprint density at radius 3 is 1.82 bits per heavy atom. The van der Waals surface area contributed by atoms with Crippen LogP contribution >= 0.6 is 11.3 Å². The van der Waals surface area contributed by atoms with Crippen LogP contribution in [-0.2, 0) is 0 Å². The van der Waals surface area contributed by atoms with Crippen molar-refractivity contribution in [2.45, 2.75) is 0 Å². The number of aromatic nitrogens is 2. The molecule has 11 aromatic rings. The van der Waals surface area contributed by atoms with Gasteiger partial charge in [0, 0.05) is 53.1 Å². The predicted octanol–water partition coefficient (Wildman–Crippen LogP) is 13.1. The number of benzene rings is 8. The van der Waals surface area contributed by atoms with E-state index in [9.17, 15) is 0 Å². The molecule has 0 saturated heterocycles. The lowest BCUT2D eigenvalue weighted by Crippen LogP contribution is -1.94. The Morgan fingerprint density at radius 2 is 0.959 bits per heavy atom. The van der Waals surface area contributed by atoms with Crippen molar-refractivity contribution < 1.29 is 0 Å². The lowest BCUT2D eigenvalue weighted by atomic mass is 9.99. The second kappa shape index (κ2) is 10.2. The second-order valence-corrected chi connectivity index (χ2v) is 14.0. The molecule has 8 aromatic carbocycles. The molecule has 0 atom stereocenters. The van der Waals surface area contributed by atoms with Gasteiger partial charge in [-0.3, -0.25) is 0 Å². The van der Waals surface area contributed by atoms with Crippen LogP contribution in [0.4, 0.5) is 0 Å². The maximum atomic E-state index is 2.46. The van der Waals surface area contributed by atoms with Crippen LogP contribution in [0.15, 0.2) is 170 Å². The first-order chi connectivity index (χ1) is 24.3. The summed E-state index contributed by atoms with van der Waals surface area (Å²) in [6.07, 6.45) is 0. The summed E-state index contributed by atoms with van der Waals surface area (Å²) in [6, 6.07) is 62.4. The van der Waals surface area contributed by atoms with Crippen molar-refractivity contribution in [1.29, 1.82) is 0 Å². The van der Waals surface area contributed by atoms with E-state index in [1.54, 1.807) is 0 Å². The van der Waals surface area contributed by atoms with Gasteiger partial charge in [0.1, 0.15) is 0 Å². The van der Waals surface area contributed by atoms with Gasteiger partial charge < -0.3 is 9.13 Å². The lowest BCUT2D eigenvalue weighted by molar-refractivity contribution is 1.18. The third-order valence-electron chi connectivity index (χ3n) is 10.3. The molecule has 49 heavy (non-hydrogen) atoms. The van der Waals surface area contributed by atoms with Crippen LogP contribution in [0.3, 0.4) is 0 Å². The van der Waals surface area contributed by atoms with Crippen molar-refractivity contribution in [3.8, 4) is 22.5 Å². The SMILES string of the molecule is c1ccc(-n2c3ccccc3c3cc(-c4ccc5c(c4)c4c6c(ccc4n5-c4ccc5ccccc5c4)sc4ccccc46)ccc32)cc1. The van der Waals surface area contributed by atoms with Crippen molar-refractivity contribution in [1.82, 2.24) is 9.13 Å². The van der Waals surface area contributed by atoms with Gasteiger partial charge in [0.15, 0.2) is 0 Å². The van der Waals surface area contributed by atoms with E-state index >= 15 is 0 Å². The highest BCUT2D eigenvalue weighted by atomic mass is 32.1. The molecule has 0 amide bonds. The molecular formula is C46H28N2S. The van der Waals surface area contributed by atoms with Gasteiger partial charge in [0.2, 0.25) is 0 Å². The number of hydrogen-bond donors (Lipinski definition) is 0. The number of hydrogen-bond acceptors (Lipinski definition) is 1. The molecular weight excluding hydrogens is 613 g/mol. The van der Waals surface area contributed by atoms with Crippen molar-refractivity contribution in [2.75, 3.05) is 0 Å². The topological polar surface area (TPSA) is 9.86 Å². The van der Waals surface area contributed by atoms with E-state index in [4.69, 9.17) is 0 Å². The molecule has 0 N–H and O–H groups in total. The average molecular weight is 641 g/mol. The van der Waals surface area contributed by atoms with E-state index in [1.165, 1.54) is 97.1 Å². The highest BCUT2D eigenvalue weighted by Crippen LogP contribution is 2.45. The van der Waals surface area contributed by atoms with Gasteiger partial charge in [-0.2, -0.15) is 0 Å². The Kier molecular flexibility index (Phi) is 5.57. The van der Waals surface area contributed by atoms with Crippen molar-refractivity contribution in [2.24, 2.45) is 0 Å². The zero-order chi connectivity index (χ0) is 32.1. The largest absolute Gasteiger partial charge is 0.309 e. The number of rotatable bonds is 3. The predicted molar refractivity (Wildman–Crippen MR) is 211 cm³/mol. The van der Waals surface area contributed by atoms with Crippen molar-refractivity contribution in [3.05, 3.63) is 170 Å². The molecule has 0 aliphatic rings. The third kappa shape index (κ3) is 3.88. The summed E-state index contributed by atoms with van der Waals surface area (Å²) in [4.78, 5) is 0. The van der Waals surface area contributed by atoms with Crippen LogP contribution in [0.2, 0.25) is 0 Å². The second-order valence-electron chi connectivity index (χ2n) is 12.9. The maximum Gasteiger partial charge on any atom is 0.0548 e. The van der Waals surface area contributed by atoms with Gasteiger partial charge in [-0.05, 0) is 94.7 Å². The summed E-state index contributed by atoms with van der Waals surface area (Å²) in [5.74, 6) is 0. The Morgan fingerprint density at radius 1 is 0.327 bits per heavy atom. The third-order valence-corrected chi connectivity index (χ3v) is 11.4. The molecule has 0 radical (unpaired) electrons. The molecule has 3 heteroatoms. The summed E-state index contributed by atoms with van der Waals surface area (Å²) >= 11 is 1.88. The molecule has 0 aliphatic carbocycles. The van der Waals surface area contributed by atoms with Crippen LogP contribution in [0.5, 0.6) is 0 Å². The van der Waals surface area contributed by atoms with E-state index in [-0.39, 0.29) is 0 Å². The number of fused-ring (bicyclic) bond motifs is 11. The summed E-state index contributed by atoms with van der Waals surface area (Å²) in [7, 11) is 0. The van der Waals surface area contributed by atoms with Gasteiger partial charge in [0.25, 0.3) is 0 Å². The van der Waals surface area contributed by atoms with E-state index in [0.717, 1.165) is 0 Å². The van der Waals surface area contributed by atoms with E-state index in [0.29, 0.717) is 0 Å². The zero-order valence-corrected chi connectivity index (χ0v) is 27.3. The van der Waals surface area contributed by atoms with Crippen LogP contribution < -0.4 is 0 Å². The average Bonchev–Trinajstić information content (AvgIpc) is 3.82. The standard InChI is InChI=1S/C46H28N2S/c1-2-12-33(13-3-1)47-39-16-8-6-14-35(39)37-27-31(19-22-40(37)47)32-20-23-41-38(28-32)45-42(24-25-44-46(45)36-15-7-9-17-43(36)49-44)48(41)34-21-18-29-10-4-5-11-30(29)26-34/h1-28H. The first kappa shape index (κ1) is 26.9. The normalized spacial score (nSPS) is 12.1. The van der Waals surface area contributed by atoms with Crippen LogP contribution in [0.1, 0.15) is 0 Å². The van der Waals surface area contributed by atoms with Gasteiger partial charge in [-0.15, -0.1) is 11.3 Å². The van der Waals surface area contributed by atoms with Crippen molar-refractivity contribution in [3.63, 3.8) is 0 Å². The zero-order valence-electron chi connectivity index (χ0n) is 26.5. The molecule has 3 aromatic heterocycles. The molecule has 0 unspecified atom stereocenters. The van der Waals surface area contributed by atoms with Gasteiger partial charge in [-0.25, -0.2) is 0 Å². The van der Waals surface area contributed by atoms with Crippen LogP contribution in [0.25, 0.3) is 97.1 Å². The fourth-order valence-electron chi connectivity index (χ4n) is 8.11. The van der Waals surface area contributed by atoms with Gasteiger partial charge in [0.05, 0.1) is 22.1 Å². The fourth-order valence-corrected chi connectivity index (χ4v) is 9.22. The number of para-hydroxylation sites is 2. The van der Waals surface area contributed by atoms with E-state index in [2.05, 4.69) is 179 Å².